The van der Waals surface area contributed by atoms with Crippen molar-refractivity contribution in [1.82, 2.24) is 0 Å². The number of esters is 1. The summed E-state index contributed by atoms with van der Waals surface area (Å²) in [6.45, 7) is 5.85. The Morgan fingerprint density at radius 3 is 2.29 bits per heavy atom. The van der Waals surface area contributed by atoms with Gasteiger partial charge in [-0.2, -0.15) is 0 Å². The summed E-state index contributed by atoms with van der Waals surface area (Å²) in [5.74, 6) is -0.297. The first-order valence-electron chi connectivity index (χ1n) is 4.93. The number of ketones is 1. The molecule has 0 aliphatic carbocycles. The number of carbonyl (C=O) groups is 2. The van der Waals surface area contributed by atoms with Gasteiger partial charge in [-0.05, 0) is 12.8 Å². The van der Waals surface area contributed by atoms with Crippen LogP contribution in [0.2, 0.25) is 0 Å². The predicted molar refractivity (Wildman–Crippen MR) is 53.7 cm³/mol. The highest BCUT2D eigenvalue weighted by Crippen LogP contribution is 2.04. The Hall–Kier alpha value is -0.900. The molecule has 0 aromatic carbocycles. The zero-order chi connectivity index (χ0) is 11.1. The van der Waals surface area contributed by atoms with Crippen LogP contribution in [0.1, 0.15) is 33.6 Å². The Morgan fingerprint density at radius 2 is 1.86 bits per heavy atom. The molecule has 0 unspecified atom stereocenters. The molecular weight excluding hydrogens is 182 g/mol. The second-order valence-electron chi connectivity index (χ2n) is 3.54. The minimum Gasteiger partial charge on any atom is -0.466 e. The average molecular weight is 201 g/mol. The van der Waals surface area contributed by atoms with Crippen LogP contribution in [-0.2, 0) is 14.3 Å². The van der Waals surface area contributed by atoms with Crippen LogP contribution in [0.25, 0.3) is 0 Å². The molecule has 0 aliphatic rings. The lowest BCUT2D eigenvalue weighted by molar-refractivity contribution is -0.144. The van der Waals surface area contributed by atoms with Gasteiger partial charge in [-0.25, -0.2) is 0 Å². The number of hydrogen-bond acceptors (Lipinski definition) is 4. The fraction of sp³-hybridized carbons (Fsp3) is 0.800. The van der Waals surface area contributed by atoms with Crippen molar-refractivity contribution < 1.29 is 14.3 Å². The first-order chi connectivity index (χ1) is 6.49. The molecule has 4 heteroatoms. The molecule has 2 N–H and O–H groups in total. The minimum atomic E-state index is -0.468. The molecule has 82 valence electrons. The van der Waals surface area contributed by atoms with Crippen molar-refractivity contribution in [1.29, 1.82) is 0 Å². The van der Waals surface area contributed by atoms with Crippen molar-refractivity contribution >= 4 is 11.8 Å². The summed E-state index contributed by atoms with van der Waals surface area (Å²) in [6.07, 6.45) is 0.311. The summed E-state index contributed by atoms with van der Waals surface area (Å²) >= 11 is 0. The summed E-state index contributed by atoms with van der Waals surface area (Å²) in [6, 6.07) is -0.468. The van der Waals surface area contributed by atoms with Crippen LogP contribution in [-0.4, -0.2) is 24.4 Å². The standard InChI is InChI=1S/C10H19NO3/c1-4-14-9(13)6-5-8(12)10(11)7(2)3/h7,10H,4-6,11H2,1-3H3/t10-/m0/s1. The normalized spacial score (nSPS) is 12.6. The first kappa shape index (κ1) is 13.1. The van der Waals surface area contributed by atoms with E-state index in [0.29, 0.717) is 6.61 Å². The third-order valence-electron chi connectivity index (χ3n) is 1.97. The van der Waals surface area contributed by atoms with Crippen molar-refractivity contribution in [3.05, 3.63) is 0 Å². The molecule has 1 atom stereocenters. The van der Waals surface area contributed by atoms with E-state index in [2.05, 4.69) is 0 Å². The van der Waals surface area contributed by atoms with Crippen LogP contribution in [0, 0.1) is 5.92 Å². The molecule has 0 fully saturated rings. The van der Waals surface area contributed by atoms with Crippen LogP contribution >= 0.6 is 0 Å². The summed E-state index contributed by atoms with van der Waals surface area (Å²) in [4.78, 5) is 22.3. The molecule has 0 saturated heterocycles. The molecule has 0 radical (unpaired) electrons. The van der Waals surface area contributed by atoms with Crippen molar-refractivity contribution in [2.24, 2.45) is 11.7 Å². The second-order valence-corrected chi connectivity index (χ2v) is 3.54. The third-order valence-corrected chi connectivity index (χ3v) is 1.97. The Kier molecular flexibility index (Phi) is 6.12. The van der Waals surface area contributed by atoms with Gasteiger partial charge in [0.1, 0.15) is 5.78 Å². The summed E-state index contributed by atoms with van der Waals surface area (Å²) in [5.41, 5.74) is 5.62. The van der Waals surface area contributed by atoms with Gasteiger partial charge in [0.2, 0.25) is 0 Å². The molecule has 0 aliphatic heterocycles. The van der Waals surface area contributed by atoms with Gasteiger partial charge in [-0.3, -0.25) is 9.59 Å². The van der Waals surface area contributed by atoms with E-state index in [1.807, 2.05) is 13.8 Å². The highest BCUT2D eigenvalue weighted by molar-refractivity contribution is 5.87. The van der Waals surface area contributed by atoms with E-state index in [4.69, 9.17) is 10.5 Å². The van der Waals surface area contributed by atoms with Gasteiger partial charge in [-0.15, -0.1) is 0 Å². The van der Waals surface area contributed by atoms with Gasteiger partial charge in [-0.1, -0.05) is 13.8 Å². The number of ether oxygens (including phenoxy) is 1. The topological polar surface area (TPSA) is 69.4 Å². The Balaban J connectivity index is 3.79. The lowest BCUT2D eigenvalue weighted by atomic mass is 9.98. The van der Waals surface area contributed by atoms with Crippen LogP contribution in [0.5, 0.6) is 0 Å². The van der Waals surface area contributed by atoms with Crippen LogP contribution < -0.4 is 5.73 Å². The molecule has 0 amide bonds. The van der Waals surface area contributed by atoms with E-state index in [-0.39, 0.29) is 30.5 Å². The monoisotopic (exact) mass is 201 g/mol. The summed E-state index contributed by atoms with van der Waals surface area (Å²) in [5, 5.41) is 0. The molecule has 0 saturated carbocycles. The molecule has 0 rings (SSSR count). The lowest BCUT2D eigenvalue weighted by Crippen LogP contribution is -2.35. The predicted octanol–water partition coefficient (Wildman–Crippen LogP) is 0.882. The molecular formula is C10H19NO3. The first-order valence-corrected chi connectivity index (χ1v) is 4.93. The van der Waals surface area contributed by atoms with Gasteiger partial charge in [0.05, 0.1) is 19.1 Å². The maximum absolute atomic E-state index is 11.4. The molecule has 0 aromatic rings. The van der Waals surface area contributed by atoms with Crippen LogP contribution in [0.4, 0.5) is 0 Å². The Morgan fingerprint density at radius 1 is 1.29 bits per heavy atom. The fourth-order valence-electron chi connectivity index (χ4n) is 0.997. The smallest absolute Gasteiger partial charge is 0.306 e. The van der Waals surface area contributed by atoms with Gasteiger partial charge in [0.15, 0.2) is 0 Å². The highest BCUT2D eigenvalue weighted by atomic mass is 16.5. The zero-order valence-corrected chi connectivity index (χ0v) is 9.08. The fourth-order valence-corrected chi connectivity index (χ4v) is 0.997. The molecule has 4 nitrogen and oxygen atoms in total. The molecule has 14 heavy (non-hydrogen) atoms. The summed E-state index contributed by atoms with van der Waals surface area (Å²) < 4.78 is 4.70. The number of hydrogen-bond donors (Lipinski definition) is 1. The van der Waals surface area contributed by atoms with E-state index in [0.717, 1.165) is 0 Å². The molecule has 0 spiro atoms. The van der Waals surface area contributed by atoms with Crippen molar-refractivity contribution in [3.8, 4) is 0 Å². The van der Waals surface area contributed by atoms with E-state index in [1.54, 1.807) is 6.92 Å². The molecule has 0 bridgehead atoms. The van der Waals surface area contributed by atoms with Gasteiger partial charge < -0.3 is 10.5 Å². The molecule has 0 aromatic heterocycles. The Bertz CT molecular complexity index is 202. The molecule has 0 heterocycles. The van der Waals surface area contributed by atoms with Crippen molar-refractivity contribution in [2.45, 2.75) is 39.7 Å². The average Bonchev–Trinajstić information content (AvgIpc) is 2.13. The SMILES string of the molecule is CCOC(=O)CCC(=O)[C@@H](N)C(C)C. The number of nitrogens with two attached hydrogens (primary N) is 1. The Labute approximate surface area is 84.8 Å². The maximum Gasteiger partial charge on any atom is 0.306 e. The van der Waals surface area contributed by atoms with Gasteiger partial charge in [0, 0.05) is 6.42 Å². The minimum absolute atomic E-state index is 0.0759. The van der Waals surface area contributed by atoms with Crippen LogP contribution in [0.3, 0.4) is 0 Å². The number of rotatable bonds is 6. The third kappa shape index (κ3) is 4.97. The van der Waals surface area contributed by atoms with Crippen molar-refractivity contribution in [3.63, 3.8) is 0 Å². The van der Waals surface area contributed by atoms with E-state index in [9.17, 15) is 9.59 Å². The van der Waals surface area contributed by atoms with Gasteiger partial charge >= 0.3 is 5.97 Å². The quantitative estimate of drug-likeness (QED) is 0.648. The van der Waals surface area contributed by atoms with E-state index in [1.165, 1.54) is 0 Å². The zero-order valence-electron chi connectivity index (χ0n) is 9.08. The maximum atomic E-state index is 11.4. The van der Waals surface area contributed by atoms with Crippen LogP contribution in [0.15, 0.2) is 0 Å². The largest absolute Gasteiger partial charge is 0.466 e. The number of carbonyl (C=O) groups excluding carboxylic acids is 2. The van der Waals surface area contributed by atoms with Gasteiger partial charge in [0.25, 0.3) is 0 Å². The van der Waals surface area contributed by atoms with E-state index >= 15 is 0 Å². The second kappa shape index (κ2) is 6.54. The highest BCUT2D eigenvalue weighted by Gasteiger charge is 2.18. The van der Waals surface area contributed by atoms with Crippen molar-refractivity contribution in [2.75, 3.05) is 6.61 Å². The van der Waals surface area contributed by atoms with E-state index < -0.39 is 6.04 Å². The number of Topliss-reactive ketones (excluding diaryl/α,β-unsaturated/α-hetero) is 1. The lowest BCUT2D eigenvalue weighted by Gasteiger charge is -2.13. The summed E-state index contributed by atoms with van der Waals surface area (Å²) in [7, 11) is 0.